The highest BCUT2D eigenvalue weighted by Gasteiger charge is 2.03. The van der Waals surface area contributed by atoms with Crippen molar-refractivity contribution in [3.8, 4) is 0 Å². The number of carbonyl (C=O) groups is 1. The molecule has 0 aliphatic heterocycles. The van der Waals surface area contributed by atoms with Gasteiger partial charge < -0.3 is 5.32 Å². The van der Waals surface area contributed by atoms with Crippen molar-refractivity contribution in [1.82, 2.24) is 5.32 Å². The van der Waals surface area contributed by atoms with Gasteiger partial charge in [0, 0.05) is 10.1 Å². The standard InChI is InChI=1S/C11H11Cl2NO/c1-8(12)7-14-11(15)6-9-3-2-4-10(13)5-9/h2-5H,1,6-7H2,(H,14,15). The van der Waals surface area contributed by atoms with Crippen LogP contribution in [0.15, 0.2) is 35.9 Å². The Hall–Kier alpha value is -0.990. The molecule has 1 aromatic carbocycles. The van der Waals surface area contributed by atoms with Crippen molar-refractivity contribution >= 4 is 29.1 Å². The second-order valence-electron chi connectivity index (χ2n) is 3.10. The fraction of sp³-hybridized carbons (Fsp3) is 0.182. The minimum atomic E-state index is -0.0981. The first-order valence-corrected chi connectivity index (χ1v) is 5.18. The molecule has 0 spiro atoms. The number of nitrogens with one attached hydrogen (secondary N) is 1. The van der Waals surface area contributed by atoms with Crippen LogP contribution in [0.2, 0.25) is 5.02 Å². The van der Waals surface area contributed by atoms with Gasteiger partial charge in [0.2, 0.25) is 5.91 Å². The molecule has 0 saturated heterocycles. The maximum atomic E-state index is 11.4. The number of amides is 1. The van der Waals surface area contributed by atoms with Crippen molar-refractivity contribution in [3.63, 3.8) is 0 Å². The van der Waals surface area contributed by atoms with Crippen molar-refractivity contribution in [1.29, 1.82) is 0 Å². The number of carbonyl (C=O) groups excluding carboxylic acids is 1. The molecule has 1 amide bonds. The van der Waals surface area contributed by atoms with Crippen LogP contribution in [0.4, 0.5) is 0 Å². The highest BCUT2D eigenvalue weighted by molar-refractivity contribution is 6.30. The van der Waals surface area contributed by atoms with Crippen molar-refractivity contribution in [2.24, 2.45) is 0 Å². The molecular formula is C11H11Cl2NO. The predicted octanol–water partition coefficient (Wildman–Crippen LogP) is 2.75. The molecule has 0 bridgehead atoms. The lowest BCUT2D eigenvalue weighted by Gasteiger charge is -2.04. The third-order valence-corrected chi connectivity index (χ3v) is 2.10. The molecule has 1 aromatic rings. The molecule has 0 radical (unpaired) electrons. The molecule has 0 heterocycles. The smallest absolute Gasteiger partial charge is 0.224 e. The van der Waals surface area contributed by atoms with Gasteiger partial charge in [0.1, 0.15) is 0 Å². The minimum absolute atomic E-state index is 0.0981. The summed E-state index contributed by atoms with van der Waals surface area (Å²) in [6, 6.07) is 7.19. The molecule has 0 aromatic heterocycles. The SMILES string of the molecule is C=C(Cl)CNC(=O)Cc1cccc(Cl)c1. The van der Waals surface area contributed by atoms with E-state index in [4.69, 9.17) is 23.2 Å². The third-order valence-electron chi connectivity index (χ3n) is 1.73. The summed E-state index contributed by atoms with van der Waals surface area (Å²) in [5.74, 6) is -0.0981. The molecule has 2 nitrogen and oxygen atoms in total. The third kappa shape index (κ3) is 4.86. The summed E-state index contributed by atoms with van der Waals surface area (Å²) >= 11 is 11.3. The van der Waals surface area contributed by atoms with Gasteiger partial charge in [-0.25, -0.2) is 0 Å². The first-order chi connectivity index (χ1) is 7.08. The lowest BCUT2D eigenvalue weighted by atomic mass is 10.1. The van der Waals surface area contributed by atoms with Gasteiger partial charge in [0.05, 0.1) is 13.0 Å². The number of hydrogen-bond donors (Lipinski definition) is 1. The Morgan fingerprint density at radius 2 is 2.20 bits per heavy atom. The van der Waals surface area contributed by atoms with E-state index in [0.29, 0.717) is 23.0 Å². The van der Waals surface area contributed by atoms with E-state index in [2.05, 4.69) is 11.9 Å². The average molecular weight is 244 g/mol. The van der Waals surface area contributed by atoms with Crippen molar-refractivity contribution in [2.45, 2.75) is 6.42 Å². The number of hydrogen-bond acceptors (Lipinski definition) is 1. The van der Waals surface area contributed by atoms with Gasteiger partial charge in [0.25, 0.3) is 0 Å². The molecular weight excluding hydrogens is 233 g/mol. The van der Waals surface area contributed by atoms with Crippen LogP contribution in [0.3, 0.4) is 0 Å². The Kier molecular flexibility index (Phi) is 4.66. The Balaban J connectivity index is 2.48. The van der Waals surface area contributed by atoms with Crippen molar-refractivity contribution < 1.29 is 4.79 Å². The summed E-state index contributed by atoms with van der Waals surface area (Å²) < 4.78 is 0. The van der Waals surface area contributed by atoms with Crippen LogP contribution in [0.5, 0.6) is 0 Å². The van der Waals surface area contributed by atoms with Gasteiger partial charge in [-0.2, -0.15) is 0 Å². The van der Waals surface area contributed by atoms with Crippen LogP contribution < -0.4 is 5.32 Å². The van der Waals surface area contributed by atoms with E-state index in [9.17, 15) is 4.79 Å². The molecule has 4 heteroatoms. The van der Waals surface area contributed by atoms with E-state index in [1.165, 1.54) is 0 Å². The van der Waals surface area contributed by atoms with E-state index in [0.717, 1.165) is 5.56 Å². The molecule has 1 N–H and O–H groups in total. The fourth-order valence-electron chi connectivity index (χ4n) is 1.09. The number of benzene rings is 1. The van der Waals surface area contributed by atoms with E-state index < -0.39 is 0 Å². The van der Waals surface area contributed by atoms with Crippen LogP contribution in [0.25, 0.3) is 0 Å². The summed E-state index contributed by atoms with van der Waals surface area (Å²) in [6.45, 7) is 3.77. The Morgan fingerprint density at radius 3 is 2.80 bits per heavy atom. The molecule has 0 saturated carbocycles. The molecule has 0 unspecified atom stereocenters. The lowest BCUT2D eigenvalue weighted by molar-refractivity contribution is -0.120. The van der Waals surface area contributed by atoms with Gasteiger partial charge in [0.15, 0.2) is 0 Å². The number of rotatable bonds is 4. The van der Waals surface area contributed by atoms with Crippen LogP contribution in [-0.2, 0) is 11.2 Å². The zero-order chi connectivity index (χ0) is 11.3. The maximum absolute atomic E-state index is 11.4. The monoisotopic (exact) mass is 243 g/mol. The van der Waals surface area contributed by atoms with Gasteiger partial charge >= 0.3 is 0 Å². The molecule has 0 aliphatic rings. The zero-order valence-corrected chi connectivity index (χ0v) is 9.61. The Labute approximate surface area is 98.9 Å². The summed E-state index contributed by atoms with van der Waals surface area (Å²) in [5, 5.41) is 3.67. The maximum Gasteiger partial charge on any atom is 0.224 e. The Bertz CT molecular complexity index is 377. The Morgan fingerprint density at radius 1 is 1.47 bits per heavy atom. The molecule has 0 aliphatic carbocycles. The van der Waals surface area contributed by atoms with Crippen molar-refractivity contribution in [2.75, 3.05) is 6.54 Å². The summed E-state index contributed by atoms with van der Waals surface area (Å²) in [7, 11) is 0. The topological polar surface area (TPSA) is 29.1 Å². The molecule has 0 atom stereocenters. The van der Waals surface area contributed by atoms with Gasteiger partial charge in [-0.15, -0.1) is 0 Å². The highest BCUT2D eigenvalue weighted by Crippen LogP contribution is 2.10. The molecule has 80 valence electrons. The van der Waals surface area contributed by atoms with E-state index >= 15 is 0 Å². The van der Waals surface area contributed by atoms with Crippen LogP contribution in [-0.4, -0.2) is 12.5 Å². The average Bonchev–Trinajstić information content (AvgIpc) is 2.15. The lowest BCUT2D eigenvalue weighted by Crippen LogP contribution is -2.26. The summed E-state index contributed by atoms with van der Waals surface area (Å²) in [4.78, 5) is 11.4. The predicted molar refractivity (Wildman–Crippen MR) is 63.2 cm³/mol. The first-order valence-electron chi connectivity index (χ1n) is 4.42. The van der Waals surface area contributed by atoms with E-state index in [1.54, 1.807) is 12.1 Å². The first kappa shape index (κ1) is 12.1. The summed E-state index contributed by atoms with van der Waals surface area (Å²) in [5.41, 5.74) is 0.875. The van der Waals surface area contributed by atoms with Crippen LogP contribution in [0, 0.1) is 0 Å². The second-order valence-corrected chi connectivity index (χ2v) is 4.07. The van der Waals surface area contributed by atoms with Gasteiger partial charge in [-0.3, -0.25) is 4.79 Å². The highest BCUT2D eigenvalue weighted by atomic mass is 35.5. The largest absolute Gasteiger partial charge is 0.351 e. The van der Waals surface area contributed by atoms with E-state index in [-0.39, 0.29) is 5.91 Å². The number of halogens is 2. The minimum Gasteiger partial charge on any atom is -0.351 e. The van der Waals surface area contributed by atoms with Gasteiger partial charge in [-0.1, -0.05) is 41.9 Å². The fourth-order valence-corrected chi connectivity index (χ4v) is 1.37. The van der Waals surface area contributed by atoms with Crippen LogP contribution in [0.1, 0.15) is 5.56 Å². The van der Waals surface area contributed by atoms with Crippen LogP contribution >= 0.6 is 23.2 Å². The normalized spacial score (nSPS) is 9.73. The van der Waals surface area contributed by atoms with E-state index in [1.807, 2.05) is 12.1 Å². The molecule has 1 rings (SSSR count). The second kappa shape index (κ2) is 5.79. The quantitative estimate of drug-likeness (QED) is 0.866. The molecule has 0 fully saturated rings. The summed E-state index contributed by atoms with van der Waals surface area (Å²) in [6.07, 6.45) is 0.296. The molecule has 15 heavy (non-hydrogen) atoms. The van der Waals surface area contributed by atoms with Gasteiger partial charge in [-0.05, 0) is 17.7 Å². The van der Waals surface area contributed by atoms with Crippen molar-refractivity contribution in [3.05, 3.63) is 46.5 Å². The zero-order valence-electron chi connectivity index (χ0n) is 8.09.